The van der Waals surface area contributed by atoms with Crippen molar-refractivity contribution in [2.75, 3.05) is 24.7 Å². The summed E-state index contributed by atoms with van der Waals surface area (Å²) in [6.45, 7) is 2.62. The Kier molecular flexibility index (Phi) is 3.45. The zero-order chi connectivity index (χ0) is 12.6. The second-order valence-corrected chi connectivity index (χ2v) is 7.38. The van der Waals surface area contributed by atoms with Crippen LogP contribution in [0, 0.1) is 11.8 Å². The highest BCUT2D eigenvalue weighted by Crippen LogP contribution is 2.28. The first-order valence-corrected chi connectivity index (χ1v) is 7.88. The van der Waals surface area contributed by atoms with Crippen LogP contribution in [-0.4, -0.2) is 55.0 Å². The van der Waals surface area contributed by atoms with E-state index in [-0.39, 0.29) is 36.0 Å². The van der Waals surface area contributed by atoms with Crippen molar-refractivity contribution in [1.82, 2.24) is 4.90 Å². The third-order valence-corrected chi connectivity index (χ3v) is 5.70. The molecule has 1 N–H and O–H groups in total. The molecule has 2 saturated heterocycles. The van der Waals surface area contributed by atoms with Gasteiger partial charge in [-0.3, -0.25) is 4.79 Å². The molecule has 0 bridgehead atoms. The summed E-state index contributed by atoms with van der Waals surface area (Å²) in [5, 5.41) is 9.29. The van der Waals surface area contributed by atoms with Crippen molar-refractivity contribution in [3.63, 3.8) is 0 Å². The Morgan fingerprint density at radius 2 is 2.12 bits per heavy atom. The minimum absolute atomic E-state index is 0.0190. The zero-order valence-corrected chi connectivity index (χ0v) is 10.8. The zero-order valence-electron chi connectivity index (χ0n) is 10.0. The molecule has 2 heterocycles. The van der Waals surface area contributed by atoms with Crippen molar-refractivity contribution in [3.05, 3.63) is 0 Å². The average molecular weight is 261 g/mol. The van der Waals surface area contributed by atoms with Gasteiger partial charge >= 0.3 is 0 Å². The highest BCUT2D eigenvalue weighted by Gasteiger charge is 2.40. The lowest BCUT2D eigenvalue weighted by atomic mass is 10.0. The van der Waals surface area contributed by atoms with Crippen molar-refractivity contribution >= 4 is 15.7 Å². The molecule has 3 unspecified atom stereocenters. The van der Waals surface area contributed by atoms with Gasteiger partial charge in [0.2, 0.25) is 5.91 Å². The number of likely N-dealkylation sites (tertiary alicyclic amines) is 1. The van der Waals surface area contributed by atoms with Crippen LogP contribution in [0.15, 0.2) is 0 Å². The number of amides is 1. The van der Waals surface area contributed by atoms with Gasteiger partial charge in [0.05, 0.1) is 30.1 Å². The maximum absolute atomic E-state index is 12.2. The van der Waals surface area contributed by atoms with Crippen LogP contribution in [0.1, 0.15) is 19.8 Å². The van der Waals surface area contributed by atoms with Crippen LogP contribution in [0.3, 0.4) is 0 Å². The molecule has 0 aromatic heterocycles. The predicted molar refractivity (Wildman–Crippen MR) is 63.1 cm³/mol. The molecule has 2 fully saturated rings. The third kappa shape index (κ3) is 2.47. The SMILES string of the molecule is CC1CCN(C(=O)C2CCS(=O)(=O)C2)C1CO. The number of nitrogens with zero attached hydrogens (tertiary/aromatic N) is 1. The van der Waals surface area contributed by atoms with Crippen molar-refractivity contribution in [2.45, 2.75) is 25.8 Å². The molecule has 6 heteroatoms. The summed E-state index contributed by atoms with van der Waals surface area (Å²) in [5.74, 6) is -0.0818. The summed E-state index contributed by atoms with van der Waals surface area (Å²) in [7, 11) is -3.02. The van der Waals surface area contributed by atoms with Crippen LogP contribution < -0.4 is 0 Å². The molecule has 0 radical (unpaired) electrons. The maximum atomic E-state index is 12.2. The minimum atomic E-state index is -3.02. The number of aliphatic hydroxyl groups excluding tert-OH is 1. The fourth-order valence-electron chi connectivity index (χ4n) is 2.78. The van der Waals surface area contributed by atoms with Gasteiger partial charge in [0.15, 0.2) is 9.84 Å². The van der Waals surface area contributed by atoms with E-state index in [1.807, 2.05) is 6.92 Å². The Morgan fingerprint density at radius 1 is 1.41 bits per heavy atom. The fraction of sp³-hybridized carbons (Fsp3) is 0.909. The molecular formula is C11H19NO4S. The van der Waals surface area contributed by atoms with Crippen LogP contribution in [0.4, 0.5) is 0 Å². The Balaban J connectivity index is 2.06. The van der Waals surface area contributed by atoms with E-state index in [9.17, 15) is 18.3 Å². The minimum Gasteiger partial charge on any atom is -0.394 e. The average Bonchev–Trinajstić information content (AvgIpc) is 2.80. The van der Waals surface area contributed by atoms with E-state index in [2.05, 4.69) is 0 Å². The number of rotatable bonds is 2. The first-order valence-electron chi connectivity index (χ1n) is 6.06. The summed E-state index contributed by atoms with van der Waals surface area (Å²) in [5.41, 5.74) is 0. The molecule has 0 saturated carbocycles. The smallest absolute Gasteiger partial charge is 0.227 e. The van der Waals surface area contributed by atoms with Gasteiger partial charge in [-0.1, -0.05) is 6.92 Å². The Bertz CT molecular complexity index is 406. The third-order valence-electron chi connectivity index (χ3n) is 3.93. The number of hydrogen-bond acceptors (Lipinski definition) is 4. The lowest BCUT2D eigenvalue weighted by Gasteiger charge is -2.27. The second kappa shape index (κ2) is 4.57. The topological polar surface area (TPSA) is 74.7 Å². The molecule has 0 aliphatic carbocycles. The normalized spacial score (nSPS) is 36.4. The molecule has 17 heavy (non-hydrogen) atoms. The fourth-order valence-corrected chi connectivity index (χ4v) is 4.52. The number of aliphatic hydroxyl groups is 1. The molecule has 2 aliphatic heterocycles. The van der Waals surface area contributed by atoms with Crippen LogP contribution >= 0.6 is 0 Å². The van der Waals surface area contributed by atoms with Crippen molar-refractivity contribution < 1.29 is 18.3 Å². The standard InChI is InChI=1S/C11H19NO4S/c1-8-2-4-12(10(8)6-13)11(14)9-3-5-17(15,16)7-9/h8-10,13H,2-7H2,1H3. The van der Waals surface area contributed by atoms with E-state index in [1.165, 1.54) is 0 Å². The summed E-state index contributed by atoms with van der Waals surface area (Å²) < 4.78 is 22.7. The number of carbonyl (C=O) groups excluding carboxylic acids is 1. The van der Waals surface area contributed by atoms with E-state index in [4.69, 9.17) is 0 Å². The van der Waals surface area contributed by atoms with Gasteiger partial charge in [-0.15, -0.1) is 0 Å². The highest BCUT2D eigenvalue weighted by molar-refractivity contribution is 7.91. The van der Waals surface area contributed by atoms with Gasteiger partial charge in [0.1, 0.15) is 0 Å². The summed E-state index contributed by atoms with van der Waals surface area (Å²) in [6, 6.07) is -0.134. The monoisotopic (exact) mass is 261 g/mol. The van der Waals surface area contributed by atoms with E-state index in [0.717, 1.165) is 6.42 Å². The van der Waals surface area contributed by atoms with Crippen molar-refractivity contribution in [1.29, 1.82) is 0 Å². The molecule has 1 amide bonds. The molecule has 0 spiro atoms. The van der Waals surface area contributed by atoms with E-state index < -0.39 is 9.84 Å². The molecule has 2 aliphatic rings. The Hall–Kier alpha value is -0.620. The van der Waals surface area contributed by atoms with Crippen LogP contribution in [0.5, 0.6) is 0 Å². The van der Waals surface area contributed by atoms with E-state index in [0.29, 0.717) is 18.9 Å². The second-order valence-electron chi connectivity index (χ2n) is 5.15. The molecule has 0 aromatic carbocycles. The van der Waals surface area contributed by atoms with Crippen molar-refractivity contribution in [3.8, 4) is 0 Å². The quantitative estimate of drug-likeness (QED) is 0.737. The van der Waals surface area contributed by atoms with Gasteiger partial charge in [-0.05, 0) is 18.8 Å². The highest BCUT2D eigenvalue weighted by atomic mass is 32.2. The van der Waals surface area contributed by atoms with E-state index >= 15 is 0 Å². The van der Waals surface area contributed by atoms with Crippen molar-refractivity contribution in [2.24, 2.45) is 11.8 Å². The van der Waals surface area contributed by atoms with Gasteiger partial charge in [-0.2, -0.15) is 0 Å². The van der Waals surface area contributed by atoms with Crippen LogP contribution in [-0.2, 0) is 14.6 Å². The van der Waals surface area contributed by atoms with Gasteiger partial charge < -0.3 is 10.0 Å². The lowest BCUT2D eigenvalue weighted by molar-refractivity contribution is -0.136. The lowest BCUT2D eigenvalue weighted by Crippen LogP contribution is -2.43. The first-order chi connectivity index (χ1) is 7.94. The molecule has 98 valence electrons. The Morgan fingerprint density at radius 3 is 2.65 bits per heavy atom. The molecule has 5 nitrogen and oxygen atoms in total. The molecular weight excluding hydrogens is 242 g/mol. The maximum Gasteiger partial charge on any atom is 0.227 e. The first kappa shape index (κ1) is 12.8. The molecule has 2 rings (SSSR count). The summed E-state index contributed by atoms with van der Waals surface area (Å²) in [4.78, 5) is 13.9. The molecule has 3 atom stereocenters. The van der Waals surface area contributed by atoms with Crippen LogP contribution in [0.25, 0.3) is 0 Å². The summed E-state index contributed by atoms with van der Waals surface area (Å²) in [6.07, 6.45) is 1.32. The largest absolute Gasteiger partial charge is 0.394 e. The Labute approximate surface area is 102 Å². The number of carbonyl (C=O) groups is 1. The predicted octanol–water partition coefficient (Wildman–Crippen LogP) is -0.350. The number of sulfone groups is 1. The van der Waals surface area contributed by atoms with Gasteiger partial charge in [0.25, 0.3) is 0 Å². The molecule has 0 aromatic rings. The van der Waals surface area contributed by atoms with Crippen LogP contribution in [0.2, 0.25) is 0 Å². The number of hydrogen-bond donors (Lipinski definition) is 1. The van der Waals surface area contributed by atoms with Gasteiger partial charge in [0, 0.05) is 6.54 Å². The summed E-state index contributed by atoms with van der Waals surface area (Å²) >= 11 is 0. The van der Waals surface area contributed by atoms with Gasteiger partial charge in [-0.25, -0.2) is 8.42 Å². The van der Waals surface area contributed by atoms with E-state index in [1.54, 1.807) is 4.90 Å².